The molecule has 1 heterocycles. The van der Waals surface area contributed by atoms with Crippen LogP contribution in [0.4, 0.5) is 0 Å². The smallest absolute Gasteiger partial charge is 0.163 e. The number of alkyl halides is 1. The third-order valence-electron chi connectivity index (χ3n) is 4.80. The molecule has 1 saturated heterocycles. The molecule has 24 heavy (non-hydrogen) atoms. The lowest BCUT2D eigenvalue weighted by molar-refractivity contribution is -0.306. The molecule has 1 aliphatic rings. The molecule has 0 N–H and O–H groups in total. The van der Waals surface area contributed by atoms with Crippen molar-refractivity contribution in [2.24, 2.45) is 17.8 Å². The molecule has 0 saturated carbocycles. The van der Waals surface area contributed by atoms with E-state index in [1.165, 1.54) is 5.56 Å². The molecule has 136 valence electrons. The molecule has 0 radical (unpaired) electrons. The predicted molar refractivity (Wildman–Crippen MR) is 106 cm³/mol. The highest BCUT2D eigenvalue weighted by atomic mass is 127. The van der Waals surface area contributed by atoms with Gasteiger partial charge >= 0.3 is 0 Å². The lowest BCUT2D eigenvalue weighted by atomic mass is 9.84. The highest BCUT2D eigenvalue weighted by Crippen LogP contribution is 2.34. The van der Waals surface area contributed by atoms with Crippen LogP contribution < -0.4 is 0 Å². The van der Waals surface area contributed by atoms with Gasteiger partial charge in [0, 0.05) is 16.3 Å². The monoisotopic (exact) mass is 446 g/mol. The normalized spacial score (nSPS) is 27.4. The van der Waals surface area contributed by atoms with E-state index in [4.69, 9.17) is 14.2 Å². The van der Waals surface area contributed by atoms with Gasteiger partial charge in [0.15, 0.2) is 5.79 Å². The summed E-state index contributed by atoms with van der Waals surface area (Å²) in [5, 5.41) is 0. The Kier molecular flexibility index (Phi) is 7.53. The highest BCUT2D eigenvalue weighted by molar-refractivity contribution is 14.1. The van der Waals surface area contributed by atoms with Crippen molar-refractivity contribution in [3.05, 3.63) is 35.9 Å². The fourth-order valence-electron chi connectivity index (χ4n) is 3.41. The van der Waals surface area contributed by atoms with Crippen molar-refractivity contribution in [2.45, 2.75) is 59.2 Å². The van der Waals surface area contributed by atoms with Crippen LogP contribution in [0.5, 0.6) is 0 Å². The Morgan fingerprint density at radius 2 is 1.92 bits per heavy atom. The quantitative estimate of drug-likeness (QED) is 0.433. The van der Waals surface area contributed by atoms with Gasteiger partial charge in [0.25, 0.3) is 0 Å². The minimum absolute atomic E-state index is 0.153. The van der Waals surface area contributed by atoms with Crippen molar-refractivity contribution >= 4 is 22.6 Å². The van der Waals surface area contributed by atoms with Crippen LogP contribution in [0.2, 0.25) is 0 Å². The summed E-state index contributed by atoms with van der Waals surface area (Å²) in [6.45, 7) is 12.1. The Balaban J connectivity index is 2.08. The molecule has 2 rings (SSSR count). The molecule has 4 heteroatoms. The van der Waals surface area contributed by atoms with Crippen molar-refractivity contribution in [2.75, 3.05) is 11.0 Å². The van der Waals surface area contributed by atoms with Crippen molar-refractivity contribution in [3.63, 3.8) is 0 Å². The molecule has 1 aliphatic heterocycles. The number of benzene rings is 1. The summed E-state index contributed by atoms with van der Waals surface area (Å²) >= 11 is 2.45. The van der Waals surface area contributed by atoms with E-state index in [0.717, 1.165) is 11.0 Å². The molecule has 1 fully saturated rings. The summed E-state index contributed by atoms with van der Waals surface area (Å²) in [6.07, 6.45) is 0.323. The molecule has 0 spiro atoms. The molecule has 0 bridgehead atoms. The van der Waals surface area contributed by atoms with Crippen LogP contribution in [-0.4, -0.2) is 29.0 Å². The second kappa shape index (κ2) is 8.97. The fourth-order valence-corrected chi connectivity index (χ4v) is 3.91. The van der Waals surface area contributed by atoms with Crippen molar-refractivity contribution < 1.29 is 14.2 Å². The largest absolute Gasteiger partial charge is 0.373 e. The Morgan fingerprint density at radius 3 is 2.54 bits per heavy atom. The Morgan fingerprint density at radius 1 is 1.25 bits per heavy atom. The first-order valence-electron chi connectivity index (χ1n) is 8.87. The minimum atomic E-state index is -0.511. The summed E-state index contributed by atoms with van der Waals surface area (Å²) in [7, 11) is 0. The zero-order valence-electron chi connectivity index (χ0n) is 15.5. The average molecular weight is 446 g/mol. The number of hydrogen-bond donors (Lipinski definition) is 0. The van der Waals surface area contributed by atoms with Gasteiger partial charge in [0.1, 0.15) is 0 Å². The van der Waals surface area contributed by atoms with Crippen LogP contribution in [0.15, 0.2) is 30.3 Å². The SMILES string of the molecule is C[C@@H]([C@@H](OCc1ccccc1)[C@@H](C)CI)[C@H]1OC(C)(C)OC[C@@H]1C. The summed E-state index contributed by atoms with van der Waals surface area (Å²) < 4.78 is 19.5. The molecule has 1 aromatic carbocycles. The maximum absolute atomic E-state index is 6.39. The lowest BCUT2D eigenvalue weighted by Gasteiger charge is -2.45. The summed E-state index contributed by atoms with van der Waals surface area (Å²) in [4.78, 5) is 0. The second-order valence-electron chi connectivity index (χ2n) is 7.52. The van der Waals surface area contributed by atoms with Gasteiger partial charge in [-0.3, -0.25) is 0 Å². The first-order chi connectivity index (χ1) is 11.3. The van der Waals surface area contributed by atoms with Gasteiger partial charge in [0.2, 0.25) is 0 Å². The number of rotatable bonds is 7. The van der Waals surface area contributed by atoms with Crippen LogP contribution in [0.25, 0.3) is 0 Å². The fraction of sp³-hybridized carbons (Fsp3) is 0.700. The van der Waals surface area contributed by atoms with Crippen LogP contribution in [-0.2, 0) is 20.8 Å². The van der Waals surface area contributed by atoms with Gasteiger partial charge in [-0.05, 0) is 25.3 Å². The molecular weight excluding hydrogens is 415 g/mol. The van der Waals surface area contributed by atoms with Gasteiger partial charge in [-0.2, -0.15) is 0 Å². The van der Waals surface area contributed by atoms with E-state index in [9.17, 15) is 0 Å². The maximum Gasteiger partial charge on any atom is 0.163 e. The number of ether oxygens (including phenoxy) is 3. The van der Waals surface area contributed by atoms with Gasteiger partial charge in [-0.1, -0.05) is 73.7 Å². The van der Waals surface area contributed by atoms with E-state index in [-0.39, 0.29) is 12.2 Å². The van der Waals surface area contributed by atoms with Crippen LogP contribution in [0.3, 0.4) is 0 Å². The summed E-state index contributed by atoms with van der Waals surface area (Å²) in [5.74, 6) is 0.656. The van der Waals surface area contributed by atoms with Crippen LogP contribution >= 0.6 is 22.6 Å². The van der Waals surface area contributed by atoms with E-state index in [0.29, 0.717) is 24.4 Å². The van der Waals surface area contributed by atoms with E-state index in [1.54, 1.807) is 0 Å². The van der Waals surface area contributed by atoms with Gasteiger partial charge in [-0.15, -0.1) is 0 Å². The van der Waals surface area contributed by atoms with Crippen molar-refractivity contribution in [1.82, 2.24) is 0 Å². The van der Waals surface area contributed by atoms with Crippen LogP contribution in [0, 0.1) is 17.8 Å². The Bertz CT molecular complexity index is 491. The van der Waals surface area contributed by atoms with E-state index in [2.05, 4.69) is 67.6 Å². The third-order valence-corrected chi connectivity index (χ3v) is 6.19. The third kappa shape index (κ3) is 5.41. The number of halogens is 1. The average Bonchev–Trinajstić information content (AvgIpc) is 2.57. The first-order valence-corrected chi connectivity index (χ1v) is 10.4. The topological polar surface area (TPSA) is 27.7 Å². The first kappa shape index (κ1) is 20.1. The molecule has 3 nitrogen and oxygen atoms in total. The van der Waals surface area contributed by atoms with Crippen molar-refractivity contribution in [1.29, 1.82) is 0 Å². The van der Waals surface area contributed by atoms with Crippen LogP contribution in [0.1, 0.15) is 40.2 Å². The highest BCUT2D eigenvalue weighted by Gasteiger charge is 2.41. The van der Waals surface area contributed by atoms with Gasteiger partial charge < -0.3 is 14.2 Å². The van der Waals surface area contributed by atoms with E-state index < -0.39 is 5.79 Å². The Labute approximate surface area is 160 Å². The van der Waals surface area contributed by atoms with Gasteiger partial charge in [0.05, 0.1) is 25.4 Å². The zero-order chi connectivity index (χ0) is 17.7. The summed E-state index contributed by atoms with van der Waals surface area (Å²) in [5.41, 5.74) is 1.22. The van der Waals surface area contributed by atoms with Crippen molar-refractivity contribution in [3.8, 4) is 0 Å². The minimum Gasteiger partial charge on any atom is -0.373 e. The molecule has 0 amide bonds. The predicted octanol–water partition coefficient (Wildman–Crippen LogP) is 5.07. The van der Waals surface area contributed by atoms with E-state index in [1.807, 2.05) is 19.9 Å². The molecule has 5 atom stereocenters. The van der Waals surface area contributed by atoms with Gasteiger partial charge in [-0.25, -0.2) is 0 Å². The Hall–Kier alpha value is -0.170. The number of hydrogen-bond acceptors (Lipinski definition) is 3. The molecule has 0 unspecified atom stereocenters. The molecule has 1 aromatic rings. The second-order valence-corrected chi connectivity index (χ2v) is 8.40. The summed E-state index contributed by atoms with van der Waals surface area (Å²) in [6, 6.07) is 10.4. The zero-order valence-corrected chi connectivity index (χ0v) is 17.7. The molecular formula is C20H31IO3. The maximum atomic E-state index is 6.39. The standard InChI is InChI=1S/C20H31IO3/c1-14(11-21)18(22-13-17-9-7-6-8-10-17)16(3)19-15(2)12-23-20(4,5)24-19/h6-10,14-16,18-19H,11-13H2,1-5H3/t14-,15-,16-,18-,19-/m0/s1. The van der Waals surface area contributed by atoms with E-state index >= 15 is 0 Å². The molecule has 0 aliphatic carbocycles. The molecule has 0 aromatic heterocycles. The lowest BCUT2D eigenvalue weighted by Crippen LogP contribution is -2.51.